The van der Waals surface area contributed by atoms with Crippen LogP contribution in [-0.4, -0.2) is 13.1 Å². The van der Waals surface area contributed by atoms with Crippen LogP contribution in [-0.2, 0) is 0 Å². The minimum atomic E-state index is -0.133. The van der Waals surface area contributed by atoms with Crippen molar-refractivity contribution in [2.24, 2.45) is 5.92 Å². The van der Waals surface area contributed by atoms with E-state index in [9.17, 15) is 4.39 Å². The zero-order valence-electron chi connectivity index (χ0n) is 10.3. The Morgan fingerprint density at radius 3 is 2.94 bits per heavy atom. The predicted octanol–water partition coefficient (Wildman–Crippen LogP) is 3.71. The molecule has 3 rings (SSSR count). The molecule has 1 aliphatic rings. The van der Waals surface area contributed by atoms with Gasteiger partial charge >= 0.3 is 0 Å². The van der Waals surface area contributed by atoms with Crippen LogP contribution in [0.25, 0.3) is 11.0 Å². The molecular weight excluding hydrogens is 253 g/mol. The van der Waals surface area contributed by atoms with E-state index >= 15 is 0 Å². The van der Waals surface area contributed by atoms with Gasteiger partial charge in [-0.2, -0.15) is 0 Å². The summed E-state index contributed by atoms with van der Waals surface area (Å²) in [5.74, 6) is 0.561. The lowest BCUT2D eigenvalue weighted by molar-refractivity contribution is 0.341. The average Bonchev–Trinajstić information content (AvgIpc) is 2.79. The molecule has 4 heteroatoms. The molecule has 1 aliphatic heterocycles. The molecule has 18 heavy (non-hydrogen) atoms. The molecule has 1 fully saturated rings. The van der Waals surface area contributed by atoms with Crippen LogP contribution in [0, 0.1) is 11.7 Å². The van der Waals surface area contributed by atoms with Gasteiger partial charge in [0.2, 0.25) is 0 Å². The molecule has 0 unspecified atom stereocenters. The van der Waals surface area contributed by atoms with Crippen LogP contribution in [0.1, 0.15) is 24.8 Å². The molecular formula is C14H17ClFNO. The minimum absolute atomic E-state index is 0. The summed E-state index contributed by atoms with van der Waals surface area (Å²) in [6, 6.07) is 5.23. The van der Waals surface area contributed by atoms with E-state index in [1.807, 2.05) is 6.07 Å². The third-order valence-electron chi connectivity index (χ3n) is 3.76. The van der Waals surface area contributed by atoms with Crippen LogP contribution in [0.15, 0.2) is 28.9 Å². The van der Waals surface area contributed by atoms with Gasteiger partial charge in [0, 0.05) is 10.9 Å². The van der Waals surface area contributed by atoms with E-state index in [1.54, 1.807) is 18.4 Å². The Labute approximate surface area is 112 Å². The number of rotatable bonds is 1. The van der Waals surface area contributed by atoms with Gasteiger partial charge < -0.3 is 9.73 Å². The first-order valence-corrected chi connectivity index (χ1v) is 6.13. The van der Waals surface area contributed by atoms with Crippen molar-refractivity contribution in [1.82, 2.24) is 5.32 Å². The standard InChI is InChI=1S/C14H16FNO.ClH/c1-9-8-16-6-4-11(9)13-12(15)3-2-10-5-7-17-14(10)13;/h2-3,5,7,9,11,16H,4,6,8H2,1H3;1H/t9-,11-;/m1./s1. The van der Waals surface area contributed by atoms with Crippen LogP contribution in [0.3, 0.4) is 0 Å². The molecule has 2 atom stereocenters. The summed E-state index contributed by atoms with van der Waals surface area (Å²) in [7, 11) is 0. The van der Waals surface area contributed by atoms with Crippen molar-refractivity contribution >= 4 is 23.4 Å². The maximum absolute atomic E-state index is 14.1. The van der Waals surface area contributed by atoms with E-state index in [4.69, 9.17) is 4.42 Å². The highest BCUT2D eigenvalue weighted by Crippen LogP contribution is 2.36. The highest BCUT2D eigenvalue weighted by molar-refractivity contribution is 5.85. The molecule has 2 heterocycles. The summed E-state index contributed by atoms with van der Waals surface area (Å²) in [4.78, 5) is 0. The fourth-order valence-corrected chi connectivity index (χ4v) is 2.82. The van der Waals surface area contributed by atoms with Gasteiger partial charge in [-0.25, -0.2) is 4.39 Å². The highest BCUT2D eigenvalue weighted by Gasteiger charge is 2.27. The topological polar surface area (TPSA) is 25.2 Å². The number of hydrogen-bond acceptors (Lipinski definition) is 2. The third kappa shape index (κ3) is 2.13. The third-order valence-corrected chi connectivity index (χ3v) is 3.76. The molecule has 0 amide bonds. The summed E-state index contributed by atoms with van der Waals surface area (Å²) < 4.78 is 19.5. The van der Waals surface area contributed by atoms with Crippen molar-refractivity contribution in [2.45, 2.75) is 19.3 Å². The fourth-order valence-electron chi connectivity index (χ4n) is 2.82. The number of benzene rings is 1. The molecule has 0 spiro atoms. The lowest BCUT2D eigenvalue weighted by atomic mass is 9.81. The van der Waals surface area contributed by atoms with Gasteiger partial charge in [0.05, 0.1) is 6.26 Å². The summed E-state index contributed by atoms with van der Waals surface area (Å²) in [6.07, 6.45) is 2.61. The van der Waals surface area contributed by atoms with Crippen molar-refractivity contribution < 1.29 is 8.81 Å². The van der Waals surface area contributed by atoms with E-state index in [0.29, 0.717) is 5.92 Å². The van der Waals surface area contributed by atoms with Crippen LogP contribution >= 0.6 is 12.4 Å². The Morgan fingerprint density at radius 2 is 2.17 bits per heavy atom. The molecule has 1 saturated heterocycles. The number of piperidine rings is 1. The molecule has 0 aliphatic carbocycles. The number of halogens is 2. The Hall–Kier alpha value is -1.06. The predicted molar refractivity (Wildman–Crippen MR) is 72.8 cm³/mol. The van der Waals surface area contributed by atoms with Gasteiger partial charge in [0.1, 0.15) is 11.4 Å². The van der Waals surface area contributed by atoms with Gasteiger partial charge in [-0.15, -0.1) is 12.4 Å². The molecule has 1 aromatic heterocycles. The van der Waals surface area contributed by atoms with E-state index in [1.165, 1.54) is 0 Å². The second-order valence-electron chi connectivity index (χ2n) is 4.88. The molecule has 98 valence electrons. The van der Waals surface area contributed by atoms with E-state index in [2.05, 4.69) is 12.2 Å². The SMILES string of the molecule is C[C@@H]1CNCC[C@H]1c1c(F)ccc2ccoc12.Cl. The number of nitrogens with one attached hydrogen (secondary N) is 1. The largest absolute Gasteiger partial charge is 0.464 e. The second-order valence-corrected chi connectivity index (χ2v) is 4.88. The minimum Gasteiger partial charge on any atom is -0.464 e. The molecule has 1 N–H and O–H groups in total. The average molecular weight is 270 g/mol. The molecule has 0 bridgehead atoms. The van der Waals surface area contributed by atoms with Crippen molar-refractivity contribution in [3.63, 3.8) is 0 Å². The zero-order valence-corrected chi connectivity index (χ0v) is 11.1. The highest BCUT2D eigenvalue weighted by atomic mass is 35.5. The first-order chi connectivity index (χ1) is 8.27. The Kier molecular flexibility index (Phi) is 3.93. The monoisotopic (exact) mass is 269 g/mol. The first-order valence-electron chi connectivity index (χ1n) is 6.13. The smallest absolute Gasteiger partial charge is 0.140 e. The van der Waals surface area contributed by atoms with Crippen molar-refractivity contribution in [3.05, 3.63) is 35.8 Å². The van der Waals surface area contributed by atoms with Crippen LogP contribution in [0.5, 0.6) is 0 Å². The molecule has 2 nitrogen and oxygen atoms in total. The van der Waals surface area contributed by atoms with Gasteiger partial charge in [0.15, 0.2) is 0 Å². The summed E-state index contributed by atoms with van der Waals surface area (Å²) in [5.41, 5.74) is 1.49. The zero-order chi connectivity index (χ0) is 11.8. The number of hydrogen-bond donors (Lipinski definition) is 1. The van der Waals surface area contributed by atoms with E-state index in [0.717, 1.165) is 36.0 Å². The molecule has 1 aromatic carbocycles. The quantitative estimate of drug-likeness (QED) is 0.854. The maximum atomic E-state index is 14.1. The summed E-state index contributed by atoms with van der Waals surface area (Å²) >= 11 is 0. The summed E-state index contributed by atoms with van der Waals surface area (Å²) in [5, 5.41) is 4.34. The molecule has 0 saturated carbocycles. The normalized spacial score (nSPS) is 23.9. The van der Waals surface area contributed by atoms with Gasteiger partial charge in [0.25, 0.3) is 0 Å². The lowest BCUT2D eigenvalue weighted by Crippen LogP contribution is -2.34. The Balaban J connectivity index is 0.00000120. The van der Waals surface area contributed by atoms with Crippen molar-refractivity contribution in [2.75, 3.05) is 13.1 Å². The van der Waals surface area contributed by atoms with Crippen LogP contribution in [0.4, 0.5) is 4.39 Å². The van der Waals surface area contributed by atoms with Crippen LogP contribution in [0.2, 0.25) is 0 Å². The van der Waals surface area contributed by atoms with Crippen molar-refractivity contribution in [3.8, 4) is 0 Å². The maximum Gasteiger partial charge on any atom is 0.140 e. The molecule has 2 aromatic rings. The van der Waals surface area contributed by atoms with Gasteiger partial charge in [-0.05, 0) is 49.5 Å². The Morgan fingerprint density at radius 1 is 1.33 bits per heavy atom. The van der Waals surface area contributed by atoms with Crippen LogP contribution < -0.4 is 5.32 Å². The number of fused-ring (bicyclic) bond motifs is 1. The van der Waals surface area contributed by atoms with Gasteiger partial charge in [-0.3, -0.25) is 0 Å². The molecule has 0 radical (unpaired) electrons. The lowest BCUT2D eigenvalue weighted by Gasteiger charge is -2.30. The summed E-state index contributed by atoms with van der Waals surface area (Å²) in [6.45, 7) is 4.06. The first kappa shape index (κ1) is 13.4. The second kappa shape index (κ2) is 5.29. The Bertz CT molecular complexity index is 540. The van der Waals surface area contributed by atoms with Gasteiger partial charge in [-0.1, -0.05) is 6.92 Å². The van der Waals surface area contributed by atoms with Crippen molar-refractivity contribution in [1.29, 1.82) is 0 Å². The van der Waals surface area contributed by atoms with E-state index < -0.39 is 0 Å². The van der Waals surface area contributed by atoms with E-state index in [-0.39, 0.29) is 24.1 Å². The fraction of sp³-hybridized carbons (Fsp3) is 0.429. The number of furan rings is 1.